The number of non-ortho nitro benzene ring substituents is 1. The molecule has 0 fully saturated rings. The second-order valence-corrected chi connectivity index (χ2v) is 4.84. The number of rotatable bonds is 6. The number of nitro benzene ring substituents is 2. The number of hydrogen-bond donors (Lipinski definition) is 1. The van der Waals surface area contributed by atoms with Crippen molar-refractivity contribution in [3.63, 3.8) is 0 Å². The maximum atomic E-state index is 11.1. The van der Waals surface area contributed by atoms with Crippen LogP contribution in [0, 0.1) is 27.2 Å². The van der Waals surface area contributed by atoms with Crippen LogP contribution in [0.3, 0.4) is 0 Å². The molecule has 0 saturated carbocycles. The Balaban J connectivity index is 2.39. The molecule has 0 atom stereocenters. The fourth-order valence-electron chi connectivity index (χ4n) is 2.08. The Labute approximate surface area is 137 Å². The highest BCUT2D eigenvalue weighted by Gasteiger charge is 2.19. The average Bonchev–Trinajstić information content (AvgIpc) is 2.56. The van der Waals surface area contributed by atoms with Gasteiger partial charge in [0.2, 0.25) is 0 Å². The summed E-state index contributed by atoms with van der Waals surface area (Å²) in [6, 6.07) is 10.8. The van der Waals surface area contributed by atoms with E-state index in [0.29, 0.717) is 5.71 Å². The van der Waals surface area contributed by atoms with Crippen LogP contribution in [-0.2, 0) is 0 Å². The lowest BCUT2D eigenvalue weighted by Gasteiger charge is -2.07. The Morgan fingerprint density at radius 3 is 2.46 bits per heavy atom. The molecule has 0 unspecified atom stereocenters. The summed E-state index contributed by atoms with van der Waals surface area (Å²) in [6.45, 7) is 5.60. The fraction of sp³-hybridized carbons (Fsp3) is 0.0625. The summed E-state index contributed by atoms with van der Waals surface area (Å²) >= 11 is 0. The number of nitro groups is 2. The molecule has 122 valence electrons. The largest absolute Gasteiger partial charge is 0.301 e. The Bertz CT molecular complexity index is 846. The van der Waals surface area contributed by atoms with Gasteiger partial charge in [0.15, 0.2) is 0 Å². The zero-order chi connectivity index (χ0) is 17.7. The monoisotopic (exact) mass is 326 g/mol. The van der Waals surface area contributed by atoms with Crippen LogP contribution < -0.4 is 5.43 Å². The first-order valence-electron chi connectivity index (χ1n) is 6.89. The van der Waals surface area contributed by atoms with Crippen molar-refractivity contribution in [3.05, 3.63) is 86.5 Å². The Morgan fingerprint density at radius 1 is 1.17 bits per heavy atom. The third-order valence-corrected chi connectivity index (χ3v) is 3.30. The molecule has 0 radical (unpaired) electrons. The standard InChI is InChI=1S/C16H14N4O4/c1-3-14(13-7-5-4-6-11(13)2)17-18-15-9-8-12(19(21)22)10-16(15)20(23)24/h3-10,18H,1H2,2H3. The fourth-order valence-corrected chi connectivity index (χ4v) is 2.08. The van der Waals surface area contributed by atoms with Crippen molar-refractivity contribution in [3.8, 4) is 0 Å². The van der Waals surface area contributed by atoms with E-state index in [0.717, 1.165) is 17.2 Å². The number of anilines is 1. The molecule has 0 amide bonds. The number of aryl methyl sites for hydroxylation is 1. The maximum absolute atomic E-state index is 11.1. The summed E-state index contributed by atoms with van der Waals surface area (Å²) in [6.07, 6.45) is 1.52. The number of nitrogens with one attached hydrogen (secondary N) is 1. The molecule has 0 saturated heterocycles. The molecule has 0 aliphatic carbocycles. The van der Waals surface area contributed by atoms with Crippen LogP contribution in [0.4, 0.5) is 17.1 Å². The highest BCUT2D eigenvalue weighted by Crippen LogP contribution is 2.29. The minimum absolute atomic E-state index is 0.0542. The van der Waals surface area contributed by atoms with E-state index in [1.165, 1.54) is 18.2 Å². The van der Waals surface area contributed by atoms with E-state index in [4.69, 9.17) is 0 Å². The highest BCUT2D eigenvalue weighted by molar-refractivity contribution is 6.09. The minimum Gasteiger partial charge on any atom is -0.271 e. The summed E-state index contributed by atoms with van der Waals surface area (Å²) in [5, 5.41) is 26.0. The minimum atomic E-state index is -0.702. The molecule has 0 heterocycles. The SMILES string of the molecule is C=CC(=NNc1ccc([N+](=O)[O-])cc1[N+](=O)[O-])c1ccccc1C. The van der Waals surface area contributed by atoms with Gasteiger partial charge in [0.1, 0.15) is 5.69 Å². The number of hydrazone groups is 1. The Morgan fingerprint density at radius 2 is 1.88 bits per heavy atom. The molecule has 8 nitrogen and oxygen atoms in total. The highest BCUT2D eigenvalue weighted by atomic mass is 16.6. The van der Waals surface area contributed by atoms with Crippen molar-refractivity contribution in [2.45, 2.75) is 6.92 Å². The van der Waals surface area contributed by atoms with Crippen molar-refractivity contribution in [1.82, 2.24) is 0 Å². The normalized spacial score (nSPS) is 11.0. The predicted molar refractivity (Wildman–Crippen MR) is 91.3 cm³/mol. The van der Waals surface area contributed by atoms with Gasteiger partial charge in [-0.1, -0.05) is 30.8 Å². The van der Waals surface area contributed by atoms with Gasteiger partial charge in [-0.05, 0) is 24.6 Å². The molecule has 1 N–H and O–H groups in total. The van der Waals surface area contributed by atoms with E-state index < -0.39 is 15.5 Å². The second kappa shape index (κ2) is 7.14. The number of nitrogens with zero attached hydrogens (tertiary/aromatic N) is 3. The van der Waals surface area contributed by atoms with Crippen LogP contribution in [0.2, 0.25) is 0 Å². The molecule has 0 bridgehead atoms. The molecule has 2 aromatic carbocycles. The van der Waals surface area contributed by atoms with Crippen LogP contribution in [-0.4, -0.2) is 15.6 Å². The number of allylic oxidation sites excluding steroid dienone is 1. The van der Waals surface area contributed by atoms with Gasteiger partial charge in [0.05, 0.1) is 21.6 Å². The Hall–Kier alpha value is -3.55. The van der Waals surface area contributed by atoms with Gasteiger partial charge in [-0.15, -0.1) is 0 Å². The van der Waals surface area contributed by atoms with E-state index in [1.54, 1.807) is 0 Å². The van der Waals surface area contributed by atoms with Crippen LogP contribution >= 0.6 is 0 Å². The van der Waals surface area contributed by atoms with Crippen molar-refractivity contribution in [2.24, 2.45) is 5.10 Å². The van der Waals surface area contributed by atoms with Crippen LogP contribution in [0.25, 0.3) is 0 Å². The van der Waals surface area contributed by atoms with Crippen LogP contribution in [0.1, 0.15) is 11.1 Å². The lowest BCUT2D eigenvalue weighted by Crippen LogP contribution is -2.04. The van der Waals surface area contributed by atoms with Crippen molar-refractivity contribution >= 4 is 22.8 Å². The first-order chi connectivity index (χ1) is 11.4. The van der Waals surface area contributed by atoms with E-state index in [1.807, 2.05) is 31.2 Å². The molecule has 2 aromatic rings. The summed E-state index contributed by atoms with van der Waals surface area (Å²) in [5.74, 6) is 0. The number of hydrogen-bond acceptors (Lipinski definition) is 6. The van der Waals surface area contributed by atoms with Gasteiger partial charge >= 0.3 is 5.69 Å². The summed E-state index contributed by atoms with van der Waals surface area (Å²) < 4.78 is 0. The van der Waals surface area contributed by atoms with Crippen LogP contribution in [0.5, 0.6) is 0 Å². The molecular weight excluding hydrogens is 312 g/mol. The van der Waals surface area contributed by atoms with Crippen LogP contribution in [0.15, 0.2) is 60.2 Å². The molecule has 0 aromatic heterocycles. The van der Waals surface area contributed by atoms with E-state index in [-0.39, 0.29) is 11.4 Å². The van der Waals surface area contributed by atoms with Crippen molar-refractivity contribution in [2.75, 3.05) is 5.43 Å². The summed E-state index contributed by atoms with van der Waals surface area (Å²) in [5.41, 5.74) is 4.15. The lowest BCUT2D eigenvalue weighted by atomic mass is 10.0. The van der Waals surface area contributed by atoms with Gasteiger partial charge in [-0.25, -0.2) is 0 Å². The van der Waals surface area contributed by atoms with E-state index in [9.17, 15) is 20.2 Å². The summed E-state index contributed by atoms with van der Waals surface area (Å²) in [7, 11) is 0. The van der Waals surface area contributed by atoms with Gasteiger partial charge in [-0.2, -0.15) is 5.10 Å². The lowest BCUT2D eigenvalue weighted by molar-refractivity contribution is -0.393. The first-order valence-corrected chi connectivity index (χ1v) is 6.89. The van der Waals surface area contributed by atoms with Gasteiger partial charge in [0.25, 0.3) is 5.69 Å². The molecule has 0 aliphatic heterocycles. The third kappa shape index (κ3) is 3.61. The quantitative estimate of drug-likeness (QED) is 0.493. The average molecular weight is 326 g/mol. The van der Waals surface area contributed by atoms with Crippen molar-refractivity contribution in [1.29, 1.82) is 0 Å². The van der Waals surface area contributed by atoms with Crippen molar-refractivity contribution < 1.29 is 9.85 Å². The van der Waals surface area contributed by atoms with Gasteiger partial charge < -0.3 is 0 Å². The Kier molecular flexibility index (Phi) is 5.00. The first kappa shape index (κ1) is 16.8. The molecule has 2 rings (SSSR count). The second-order valence-electron chi connectivity index (χ2n) is 4.84. The zero-order valence-electron chi connectivity index (χ0n) is 12.8. The van der Waals surface area contributed by atoms with E-state index in [2.05, 4.69) is 17.1 Å². The molecule has 0 aliphatic rings. The van der Waals surface area contributed by atoms with E-state index >= 15 is 0 Å². The zero-order valence-corrected chi connectivity index (χ0v) is 12.8. The molecule has 8 heteroatoms. The topological polar surface area (TPSA) is 111 Å². The third-order valence-electron chi connectivity index (χ3n) is 3.30. The molecular formula is C16H14N4O4. The summed E-state index contributed by atoms with van der Waals surface area (Å²) in [4.78, 5) is 20.5. The van der Waals surface area contributed by atoms with Gasteiger partial charge in [0, 0.05) is 11.6 Å². The van der Waals surface area contributed by atoms with Gasteiger partial charge in [-0.3, -0.25) is 25.7 Å². The smallest absolute Gasteiger partial charge is 0.271 e. The predicted octanol–water partition coefficient (Wildman–Crippen LogP) is 3.81. The maximum Gasteiger partial charge on any atom is 0.301 e. The molecule has 24 heavy (non-hydrogen) atoms. The number of benzene rings is 2. The molecule has 0 spiro atoms.